The molecule has 114 valence electrons. The Bertz CT molecular complexity index is 819. The number of benzene rings is 2. The van der Waals surface area contributed by atoms with Crippen molar-refractivity contribution in [1.82, 2.24) is 0 Å². The van der Waals surface area contributed by atoms with Gasteiger partial charge in [-0.15, -0.1) is 0 Å². The lowest BCUT2D eigenvalue weighted by atomic mass is 10.0. The quantitative estimate of drug-likeness (QED) is 0.375. The summed E-state index contributed by atoms with van der Waals surface area (Å²) in [5.41, 5.74) is 1.82. The predicted octanol–water partition coefficient (Wildman–Crippen LogP) is 3.43. The van der Waals surface area contributed by atoms with Gasteiger partial charge in [0.1, 0.15) is 13.2 Å². The van der Waals surface area contributed by atoms with Crippen LogP contribution in [0.2, 0.25) is 0 Å². The second-order valence-electron chi connectivity index (χ2n) is 4.88. The molecule has 2 aromatic carbocycles. The molecule has 0 bridgehead atoms. The number of nitriles is 1. The summed E-state index contributed by atoms with van der Waals surface area (Å²) in [5.74, 6) is 1.33. The van der Waals surface area contributed by atoms with Crippen LogP contribution in [-0.4, -0.2) is 18.1 Å². The lowest BCUT2D eigenvalue weighted by Gasteiger charge is -2.18. The molecule has 1 aliphatic rings. The standard InChI is InChI=1S/C17H12N2O4/c18-11-14(13-2-4-15(5-3-13)19(20)21)9-12-1-6-16-17(10-12)23-8-7-22-16/h1-6,9-10H,7-8H2/b14-9+. The maximum Gasteiger partial charge on any atom is 0.269 e. The minimum atomic E-state index is -0.472. The number of ether oxygens (including phenoxy) is 2. The van der Waals surface area contributed by atoms with Crippen LogP contribution < -0.4 is 9.47 Å². The number of fused-ring (bicyclic) bond motifs is 1. The van der Waals surface area contributed by atoms with E-state index in [4.69, 9.17) is 9.47 Å². The number of allylic oxidation sites excluding steroid dienone is 1. The zero-order chi connectivity index (χ0) is 16.2. The lowest BCUT2D eigenvalue weighted by molar-refractivity contribution is -0.384. The van der Waals surface area contributed by atoms with Crippen molar-refractivity contribution in [2.75, 3.05) is 13.2 Å². The molecule has 6 nitrogen and oxygen atoms in total. The molecular weight excluding hydrogens is 296 g/mol. The molecule has 0 radical (unpaired) electrons. The predicted molar refractivity (Wildman–Crippen MR) is 84.0 cm³/mol. The minimum Gasteiger partial charge on any atom is -0.486 e. The zero-order valence-electron chi connectivity index (χ0n) is 12.1. The molecule has 0 unspecified atom stereocenters. The SMILES string of the molecule is N#C/C(=C\c1ccc2c(c1)OCCO2)c1ccc([N+](=O)[O-])cc1. The van der Waals surface area contributed by atoms with Crippen LogP contribution in [0.1, 0.15) is 11.1 Å². The second-order valence-corrected chi connectivity index (χ2v) is 4.88. The van der Waals surface area contributed by atoms with Crippen LogP contribution in [-0.2, 0) is 0 Å². The van der Waals surface area contributed by atoms with E-state index in [0.29, 0.717) is 35.8 Å². The van der Waals surface area contributed by atoms with E-state index >= 15 is 0 Å². The first-order chi connectivity index (χ1) is 11.2. The van der Waals surface area contributed by atoms with Crippen LogP contribution >= 0.6 is 0 Å². The number of hydrogen-bond acceptors (Lipinski definition) is 5. The molecule has 6 heteroatoms. The molecule has 1 heterocycles. The highest BCUT2D eigenvalue weighted by Gasteiger charge is 2.12. The fourth-order valence-electron chi connectivity index (χ4n) is 2.26. The molecule has 0 atom stereocenters. The van der Waals surface area contributed by atoms with E-state index in [9.17, 15) is 15.4 Å². The summed E-state index contributed by atoms with van der Waals surface area (Å²) < 4.78 is 11.0. The third-order valence-electron chi connectivity index (χ3n) is 3.39. The van der Waals surface area contributed by atoms with Crippen molar-refractivity contribution in [3.05, 3.63) is 63.7 Å². The third kappa shape index (κ3) is 3.14. The first kappa shape index (κ1) is 14.6. The number of non-ortho nitro benzene ring substituents is 1. The Morgan fingerprint density at radius 1 is 1.13 bits per heavy atom. The van der Waals surface area contributed by atoms with E-state index in [2.05, 4.69) is 6.07 Å². The van der Waals surface area contributed by atoms with Gasteiger partial charge in [0.05, 0.1) is 16.6 Å². The van der Waals surface area contributed by atoms with Gasteiger partial charge in [0, 0.05) is 12.1 Å². The number of nitrogens with zero attached hydrogens (tertiary/aromatic N) is 2. The Morgan fingerprint density at radius 3 is 2.48 bits per heavy atom. The summed E-state index contributed by atoms with van der Waals surface area (Å²) in [6.07, 6.45) is 1.71. The molecule has 0 saturated heterocycles. The number of nitro benzene ring substituents is 1. The minimum absolute atomic E-state index is 0.00892. The zero-order valence-corrected chi connectivity index (χ0v) is 12.1. The molecule has 2 aromatic rings. The van der Waals surface area contributed by atoms with Gasteiger partial charge in [-0.1, -0.05) is 6.07 Å². The van der Waals surface area contributed by atoms with Crippen molar-refractivity contribution < 1.29 is 14.4 Å². The van der Waals surface area contributed by atoms with Crippen molar-refractivity contribution in [2.24, 2.45) is 0 Å². The van der Waals surface area contributed by atoms with Crippen LogP contribution in [0.5, 0.6) is 11.5 Å². The van der Waals surface area contributed by atoms with Gasteiger partial charge in [-0.3, -0.25) is 10.1 Å². The van der Waals surface area contributed by atoms with Gasteiger partial charge in [-0.05, 0) is 41.5 Å². The van der Waals surface area contributed by atoms with E-state index in [1.165, 1.54) is 12.1 Å². The van der Waals surface area contributed by atoms with Gasteiger partial charge in [0.25, 0.3) is 5.69 Å². The summed E-state index contributed by atoms with van der Waals surface area (Å²) >= 11 is 0. The molecule has 0 fully saturated rings. The van der Waals surface area contributed by atoms with E-state index in [1.807, 2.05) is 6.07 Å². The van der Waals surface area contributed by atoms with E-state index in [-0.39, 0.29) is 5.69 Å². The van der Waals surface area contributed by atoms with Gasteiger partial charge >= 0.3 is 0 Å². The van der Waals surface area contributed by atoms with E-state index < -0.39 is 4.92 Å². The second kappa shape index (κ2) is 6.20. The molecule has 3 rings (SSSR count). The van der Waals surface area contributed by atoms with Crippen molar-refractivity contribution in [3.8, 4) is 17.6 Å². The van der Waals surface area contributed by atoms with Crippen molar-refractivity contribution >= 4 is 17.3 Å². The van der Waals surface area contributed by atoms with E-state index in [1.54, 1.807) is 30.3 Å². The molecule has 0 spiro atoms. The molecule has 0 N–H and O–H groups in total. The molecule has 23 heavy (non-hydrogen) atoms. The summed E-state index contributed by atoms with van der Waals surface area (Å²) in [5, 5.41) is 20.0. The molecule has 0 aromatic heterocycles. The van der Waals surface area contributed by atoms with Gasteiger partial charge in [-0.2, -0.15) is 5.26 Å². The third-order valence-corrected chi connectivity index (χ3v) is 3.39. The lowest BCUT2D eigenvalue weighted by Crippen LogP contribution is -2.15. The highest BCUT2D eigenvalue weighted by atomic mass is 16.6. The monoisotopic (exact) mass is 308 g/mol. The largest absolute Gasteiger partial charge is 0.486 e. The van der Waals surface area contributed by atoms with Crippen LogP contribution in [0.4, 0.5) is 5.69 Å². The fourth-order valence-corrected chi connectivity index (χ4v) is 2.26. The van der Waals surface area contributed by atoms with Crippen LogP contribution in [0, 0.1) is 21.4 Å². The summed E-state index contributed by atoms with van der Waals surface area (Å²) in [6.45, 7) is 1.02. The Labute approximate surface area is 132 Å². The maximum atomic E-state index is 10.7. The van der Waals surface area contributed by atoms with Gasteiger partial charge in [-0.25, -0.2) is 0 Å². The molecule has 1 aliphatic heterocycles. The molecule has 0 amide bonds. The Kier molecular flexibility index (Phi) is 3.93. The number of hydrogen-bond donors (Lipinski definition) is 0. The van der Waals surface area contributed by atoms with Crippen LogP contribution in [0.3, 0.4) is 0 Å². The smallest absolute Gasteiger partial charge is 0.269 e. The van der Waals surface area contributed by atoms with Crippen LogP contribution in [0.25, 0.3) is 11.6 Å². The average molecular weight is 308 g/mol. The Morgan fingerprint density at radius 2 is 1.83 bits per heavy atom. The molecule has 0 aliphatic carbocycles. The first-order valence-electron chi connectivity index (χ1n) is 6.93. The fraction of sp³-hybridized carbons (Fsp3) is 0.118. The maximum absolute atomic E-state index is 10.7. The topological polar surface area (TPSA) is 85.4 Å². The summed E-state index contributed by atoms with van der Waals surface area (Å²) in [4.78, 5) is 10.2. The Hall–Kier alpha value is -3.33. The first-order valence-corrected chi connectivity index (χ1v) is 6.93. The van der Waals surface area contributed by atoms with Gasteiger partial charge < -0.3 is 9.47 Å². The van der Waals surface area contributed by atoms with E-state index in [0.717, 1.165) is 5.56 Å². The summed E-state index contributed by atoms with van der Waals surface area (Å²) in [7, 11) is 0. The van der Waals surface area contributed by atoms with Crippen molar-refractivity contribution in [1.29, 1.82) is 5.26 Å². The highest BCUT2D eigenvalue weighted by Crippen LogP contribution is 2.32. The molecular formula is C17H12N2O4. The summed E-state index contributed by atoms with van der Waals surface area (Å²) in [6, 6.07) is 13.4. The Balaban J connectivity index is 1.92. The average Bonchev–Trinajstić information content (AvgIpc) is 2.59. The van der Waals surface area contributed by atoms with Crippen LogP contribution in [0.15, 0.2) is 42.5 Å². The number of rotatable bonds is 3. The number of nitro groups is 1. The normalized spacial score (nSPS) is 13.3. The highest BCUT2D eigenvalue weighted by molar-refractivity contribution is 5.90. The molecule has 0 saturated carbocycles. The van der Waals surface area contributed by atoms with Crippen molar-refractivity contribution in [3.63, 3.8) is 0 Å². The van der Waals surface area contributed by atoms with Crippen molar-refractivity contribution in [2.45, 2.75) is 0 Å². The van der Waals surface area contributed by atoms with Gasteiger partial charge in [0.15, 0.2) is 11.5 Å². The van der Waals surface area contributed by atoms with Gasteiger partial charge in [0.2, 0.25) is 0 Å².